The number of nitrogens with zero attached hydrogens (tertiary/aromatic N) is 2. The van der Waals surface area contributed by atoms with Crippen molar-refractivity contribution in [3.05, 3.63) is 78.1 Å². The third kappa shape index (κ3) is 8.05. The summed E-state index contributed by atoms with van der Waals surface area (Å²) in [5, 5.41) is 3.00. The average molecular weight is 642 g/mol. The number of amides is 2. The lowest BCUT2D eigenvalue weighted by atomic mass is 10.1. The van der Waals surface area contributed by atoms with Crippen LogP contribution in [0.25, 0.3) is 0 Å². The Bertz CT molecular complexity index is 1580. The van der Waals surface area contributed by atoms with E-state index < -0.39 is 34.3 Å². The van der Waals surface area contributed by atoms with Crippen LogP contribution in [0.2, 0.25) is 0 Å². The third-order valence-electron chi connectivity index (χ3n) is 7.82. The summed E-state index contributed by atoms with van der Waals surface area (Å²) in [7, 11) is -1.55. The van der Waals surface area contributed by atoms with Crippen molar-refractivity contribution < 1.29 is 36.6 Å². The molecule has 12 heteroatoms. The van der Waals surface area contributed by atoms with E-state index in [1.165, 1.54) is 67.7 Å². The highest BCUT2D eigenvalue weighted by Crippen LogP contribution is 2.33. The number of halogens is 1. The van der Waals surface area contributed by atoms with Crippen molar-refractivity contribution in [3.63, 3.8) is 0 Å². The number of rotatable bonds is 14. The van der Waals surface area contributed by atoms with Gasteiger partial charge >= 0.3 is 0 Å². The Labute approximate surface area is 264 Å². The Balaban J connectivity index is 1.73. The quantitative estimate of drug-likeness (QED) is 0.266. The SMILES string of the molecule is CCOc1ccc(N(CC(=O)N(Cc2ccccc2F)[C@@H](C)C(=O)NC2CCCC2)S(=O)(=O)c2ccc(OC)c(OC)c2)cc1. The Morgan fingerprint density at radius 3 is 2.27 bits per heavy atom. The average Bonchev–Trinajstić information content (AvgIpc) is 3.56. The second kappa shape index (κ2) is 15.1. The van der Waals surface area contributed by atoms with Crippen LogP contribution in [0.4, 0.5) is 10.1 Å². The van der Waals surface area contributed by atoms with Gasteiger partial charge in [-0.1, -0.05) is 31.0 Å². The molecule has 1 saturated carbocycles. The number of methoxy groups -OCH3 is 2. The van der Waals surface area contributed by atoms with Gasteiger partial charge in [0.25, 0.3) is 10.0 Å². The molecule has 0 aromatic heterocycles. The van der Waals surface area contributed by atoms with Gasteiger partial charge in [0.15, 0.2) is 11.5 Å². The fourth-order valence-electron chi connectivity index (χ4n) is 5.29. The Hall–Kier alpha value is -4.32. The summed E-state index contributed by atoms with van der Waals surface area (Å²) in [4.78, 5) is 28.6. The van der Waals surface area contributed by atoms with E-state index in [9.17, 15) is 22.4 Å². The van der Waals surface area contributed by atoms with Crippen molar-refractivity contribution in [2.45, 2.75) is 63.1 Å². The molecule has 4 rings (SSSR count). The molecule has 3 aromatic rings. The van der Waals surface area contributed by atoms with Crippen molar-refractivity contribution in [1.29, 1.82) is 0 Å². The van der Waals surface area contributed by atoms with Crippen LogP contribution in [-0.2, 0) is 26.2 Å². The van der Waals surface area contributed by atoms with Gasteiger partial charge in [-0.25, -0.2) is 12.8 Å². The van der Waals surface area contributed by atoms with Gasteiger partial charge in [-0.3, -0.25) is 13.9 Å². The third-order valence-corrected chi connectivity index (χ3v) is 9.59. The van der Waals surface area contributed by atoms with Crippen LogP contribution in [0, 0.1) is 5.82 Å². The molecule has 3 aromatic carbocycles. The van der Waals surface area contributed by atoms with E-state index in [1.807, 2.05) is 6.92 Å². The van der Waals surface area contributed by atoms with Crippen molar-refractivity contribution >= 4 is 27.5 Å². The molecule has 0 heterocycles. The number of hydrogen-bond acceptors (Lipinski definition) is 7. The molecule has 1 aliphatic carbocycles. The van der Waals surface area contributed by atoms with E-state index in [4.69, 9.17) is 14.2 Å². The maximum Gasteiger partial charge on any atom is 0.264 e. The topological polar surface area (TPSA) is 114 Å². The van der Waals surface area contributed by atoms with E-state index >= 15 is 0 Å². The first kappa shape index (κ1) is 33.6. The monoisotopic (exact) mass is 641 g/mol. The highest BCUT2D eigenvalue weighted by atomic mass is 32.2. The normalized spacial score (nSPS) is 14.0. The summed E-state index contributed by atoms with van der Waals surface area (Å²) < 4.78 is 60.3. The lowest BCUT2D eigenvalue weighted by molar-refractivity contribution is -0.139. The fourth-order valence-corrected chi connectivity index (χ4v) is 6.72. The van der Waals surface area contributed by atoms with Crippen LogP contribution < -0.4 is 23.8 Å². The number of hydrogen-bond donors (Lipinski definition) is 1. The minimum atomic E-state index is -4.38. The highest BCUT2D eigenvalue weighted by molar-refractivity contribution is 7.92. The fraction of sp³-hybridized carbons (Fsp3) is 0.394. The van der Waals surface area contributed by atoms with Gasteiger partial charge in [0.1, 0.15) is 24.2 Å². The summed E-state index contributed by atoms with van der Waals surface area (Å²) in [6.07, 6.45) is 3.69. The second-order valence-electron chi connectivity index (χ2n) is 10.7. The number of carbonyl (C=O) groups excluding carboxylic acids is 2. The molecule has 1 aliphatic rings. The molecule has 242 valence electrons. The van der Waals surface area contributed by atoms with Crippen LogP contribution in [0.1, 0.15) is 45.1 Å². The molecule has 1 fully saturated rings. The van der Waals surface area contributed by atoms with E-state index in [-0.39, 0.29) is 40.4 Å². The van der Waals surface area contributed by atoms with Gasteiger partial charge in [-0.2, -0.15) is 0 Å². The number of carbonyl (C=O) groups is 2. The smallest absolute Gasteiger partial charge is 0.264 e. The molecule has 0 spiro atoms. The van der Waals surface area contributed by atoms with Crippen LogP contribution in [0.3, 0.4) is 0 Å². The summed E-state index contributed by atoms with van der Waals surface area (Å²) in [6.45, 7) is 2.90. The molecular formula is C33H40FN3O7S. The molecule has 10 nitrogen and oxygen atoms in total. The van der Waals surface area contributed by atoms with Gasteiger partial charge < -0.3 is 24.4 Å². The lowest BCUT2D eigenvalue weighted by Crippen LogP contribution is -2.52. The van der Waals surface area contributed by atoms with Gasteiger partial charge in [-0.15, -0.1) is 0 Å². The number of benzene rings is 3. The minimum absolute atomic E-state index is 0.00357. The molecule has 0 unspecified atom stereocenters. The predicted molar refractivity (Wildman–Crippen MR) is 168 cm³/mol. The van der Waals surface area contributed by atoms with Crippen LogP contribution in [0.5, 0.6) is 17.2 Å². The zero-order chi connectivity index (χ0) is 32.6. The number of sulfonamides is 1. The zero-order valence-corrected chi connectivity index (χ0v) is 26.8. The Morgan fingerprint density at radius 2 is 1.64 bits per heavy atom. The molecule has 0 bridgehead atoms. The minimum Gasteiger partial charge on any atom is -0.494 e. The highest BCUT2D eigenvalue weighted by Gasteiger charge is 2.34. The number of anilines is 1. The van der Waals surface area contributed by atoms with E-state index in [0.717, 1.165) is 30.0 Å². The molecule has 0 aliphatic heterocycles. The lowest BCUT2D eigenvalue weighted by Gasteiger charge is -2.32. The van der Waals surface area contributed by atoms with E-state index in [2.05, 4.69) is 5.32 Å². The molecule has 0 radical (unpaired) electrons. The Morgan fingerprint density at radius 1 is 0.978 bits per heavy atom. The Kier molecular flexibility index (Phi) is 11.3. The maximum atomic E-state index is 14.8. The zero-order valence-electron chi connectivity index (χ0n) is 26.0. The molecule has 2 amide bonds. The molecule has 45 heavy (non-hydrogen) atoms. The summed E-state index contributed by atoms with van der Waals surface area (Å²) in [5.41, 5.74) is 0.386. The van der Waals surface area contributed by atoms with Crippen LogP contribution >= 0.6 is 0 Å². The van der Waals surface area contributed by atoms with Crippen molar-refractivity contribution in [3.8, 4) is 17.2 Å². The van der Waals surface area contributed by atoms with Gasteiger partial charge in [-0.05, 0) is 69.2 Å². The van der Waals surface area contributed by atoms with Gasteiger partial charge in [0.05, 0.1) is 31.4 Å². The molecular weight excluding hydrogens is 601 g/mol. The van der Waals surface area contributed by atoms with Crippen molar-refractivity contribution in [2.24, 2.45) is 0 Å². The second-order valence-corrected chi connectivity index (χ2v) is 12.6. The first-order chi connectivity index (χ1) is 21.6. The first-order valence-corrected chi connectivity index (χ1v) is 16.3. The largest absolute Gasteiger partial charge is 0.494 e. The first-order valence-electron chi connectivity index (χ1n) is 14.9. The molecule has 1 N–H and O–H groups in total. The molecule has 0 saturated heterocycles. The van der Waals surface area contributed by atoms with Crippen molar-refractivity contribution in [1.82, 2.24) is 10.2 Å². The predicted octanol–water partition coefficient (Wildman–Crippen LogP) is 4.91. The van der Waals surface area contributed by atoms with Crippen molar-refractivity contribution in [2.75, 3.05) is 31.7 Å². The van der Waals surface area contributed by atoms with E-state index in [1.54, 1.807) is 25.1 Å². The summed E-state index contributed by atoms with van der Waals surface area (Å²) in [6, 6.07) is 15.4. The summed E-state index contributed by atoms with van der Waals surface area (Å²) >= 11 is 0. The van der Waals surface area contributed by atoms with Crippen LogP contribution in [-0.4, -0.2) is 64.6 Å². The maximum absolute atomic E-state index is 14.8. The van der Waals surface area contributed by atoms with E-state index in [0.29, 0.717) is 18.1 Å². The van der Waals surface area contributed by atoms with Crippen LogP contribution in [0.15, 0.2) is 71.6 Å². The molecule has 1 atom stereocenters. The number of nitrogens with one attached hydrogen (secondary N) is 1. The summed E-state index contributed by atoms with van der Waals surface area (Å²) in [5.74, 6) is -0.574. The van der Waals surface area contributed by atoms with Gasteiger partial charge in [0, 0.05) is 24.2 Å². The van der Waals surface area contributed by atoms with Gasteiger partial charge in [0.2, 0.25) is 11.8 Å². The number of ether oxygens (including phenoxy) is 3. The standard InChI is InChI=1S/C33H40FN3O7S/c1-5-44-27-16-14-26(15-17-27)37(45(40,41)28-18-19-30(42-3)31(20-28)43-4)22-32(38)36(21-24-10-6-9-13-29(24)34)23(2)33(39)35-25-11-7-8-12-25/h6,9-10,13-20,23,25H,5,7-8,11-12,21-22H2,1-4H3,(H,35,39)/t23-/m0/s1.